The van der Waals surface area contributed by atoms with Crippen molar-refractivity contribution in [3.05, 3.63) is 54.2 Å². The average Bonchev–Trinajstić information content (AvgIpc) is 3.60. The summed E-state index contributed by atoms with van der Waals surface area (Å²) in [6.45, 7) is 4.03. The third kappa shape index (κ3) is 8.88. The summed E-state index contributed by atoms with van der Waals surface area (Å²) in [7, 11) is 0. The second-order valence-electron chi connectivity index (χ2n) is 10.4. The fraction of sp³-hybridized carbons (Fsp3) is 0.464. The van der Waals surface area contributed by atoms with Crippen LogP contribution in [-0.4, -0.2) is 74.5 Å². The van der Waals surface area contributed by atoms with Crippen LogP contribution in [0.25, 0.3) is 10.9 Å². The fourth-order valence-corrected chi connectivity index (χ4v) is 4.51. The number of hydrogen-bond donors (Lipinski definition) is 8. The number of rotatable bonds is 16. The maximum absolute atomic E-state index is 13.5. The van der Waals surface area contributed by atoms with Crippen LogP contribution in [0.15, 0.2) is 43.0 Å². The summed E-state index contributed by atoms with van der Waals surface area (Å²) in [5, 5.41) is 18.6. The predicted octanol–water partition coefficient (Wildman–Crippen LogP) is 0.328. The van der Waals surface area contributed by atoms with E-state index in [0.717, 1.165) is 22.9 Å². The number of nitrogens with two attached hydrogens (primary N) is 2. The van der Waals surface area contributed by atoms with Crippen LogP contribution in [0.3, 0.4) is 0 Å². The average molecular weight is 569 g/mol. The minimum absolute atomic E-state index is 0.0262. The molecule has 10 N–H and O–H groups in total. The highest BCUT2D eigenvalue weighted by Crippen LogP contribution is 2.19. The van der Waals surface area contributed by atoms with Crippen molar-refractivity contribution in [2.45, 2.75) is 70.1 Å². The second-order valence-corrected chi connectivity index (χ2v) is 10.4. The highest BCUT2D eigenvalue weighted by Gasteiger charge is 2.32. The predicted molar refractivity (Wildman–Crippen MR) is 153 cm³/mol. The Hall–Kier alpha value is -4.23. The third-order valence-electron chi connectivity index (χ3n) is 6.88. The van der Waals surface area contributed by atoms with Gasteiger partial charge in [0.1, 0.15) is 18.1 Å². The monoisotopic (exact) mass is 568 g/mol. The molecule has 0 radical (unpaired) electrons. The summed E-state index contributed by atoms with van der Waals surface area (Å²) in [6, 6.07) is 3.33. The Bertz CT molecular complexity index is 1310. The van der Waals surface area contributed by atoms with Gasteiger partial charge in [0.05, 0.1) is 12.4 Å². The molecule has 3 rings (SSSR count). The number of unbranched alkanes of at least 4 members (excludes halogenated alkanes) is 1. The van der Waals surface area contributed by atoms with Crippen molar-refractivity contribution in [3.8, 4) is 0 Å². The normalized spacial score (nSPS) is 14.3. The first-order valence-corrected chi connectivity index (χ1v) is 13.7. The van der Waals surface area contributed by atoms with Crippen LogP contribution in [0.4, 0.5) is 0 Å². The van der Waals surface area contributed by atoms with Crippen molar-refractivity contribution in [1.82, 2.24) is 30.9 Å². The molecular weight excluding hydrogens is 528 g/mol. The van der Waals surface area contributed by atoms with Gasteiger partial charge in [0.25, 0.3) is 0 Å². The van der Waals surface area contributed by atoms with Gasteiger partial charge in [0.15, 0.2) is 0 Å². The molecule has 1 aromatic carbocycles. The Balaban J connectivity index is 1.80. The number of carbonyl (C=O) groups is 4. The molecule has 0 bridgehead atoms. The number of carboxylic acids is 1. The number of hydrogen-bond acceptors (Lipinski definition) is 7. The Kier molecular flexibility index (Phi) is 11.4. The van der Waals surface area contributed by atoms with E-state index in [2.05, 4.69) is 30.9 Å². The van der Waals surface area contributed by atoms with Crippen molar-refractivity contribution < 1.29 is 24.3 Å². The first kappa shape index (κ1) is 31.3. The summed E-state index contributed by atoms with van der Waals surface area (Å²) in [4.78, 5) is 61.6. The summed E-state index contributed by atoms with van der Waals surface area (Å²) in [5.74, 6) is -3.29. The first-order chi connectivity index (χ1) is 19.6. The Morgan fingerprint density at radius 2 is 1.68 bits per heavy atom. The maximum Gasteiger partial charge on any atom is 0.326 e. The van der Waals surface area contributed by atoms with E-state index in [-0.39, 0.29) is 18.8 Å². The second kappa shape index (κ2) is 15.0. The van der Waals surface area contributed by atoms with Gasteiger partial charge < -0.3 is 42.5 Å². The summed E-state index contributed by atoms with van der Waals surface area (Å²) < 4.78 is 0. The van der Waals surface area contributed by atoms with Gasteiger partial charge in [-0.15, -0.1) is 0 Å². The molecule has 4 atom stereocenters. The number of nitrogens with zero attached hydrogens (tertiary/aromatic N) is 1. The Labute approximate surface area is 238 Å². The molecule has 2 heterocycles. The van der Waals surface area contributed by atoms with Crippen molar-refractivity contribution in [3.63, 3.8) is 0 Å². The number of aromatic amines is 2. The zero-order valence-corrected chi connectivity index (χ0v) is 23.4. The molecule has 0 saturated heterocycles. The topological polar surface area (TPSA) is 221 Å². The highest BCUT2D eigenvalue weighted by atomic mass is 16.4. The number of carbonyl (C=O) groups excluding carboxylic acids is 3. The molecule has 2 aromatic heterocycles. The van der Waals surface area contributed by atoms with Gasteiger partial charge in [-0.25, -0.2) is 9.78 Å². The minimum Gasteiger partial charge on any atom is -0.480 e. The van der Waals surface area contributed by atoms with Crippen LogP contribution in [0.1, 0.15) is 44.4 Å². The Morgan fingerprint density at radius 1 is 0.951 bits per heavy atom. The van der Waals surface area contributed by atoms with Crippen LogP contribution < -0.4 is 27.4 Å². The van der Waals surface area contributed by atoms with Crippen molar-refractivity contribution in [1.29, 1.82) is 0 Å². The third-order valence-corrected chi connectivity index (χ3v) is 6.88. The number of fused-ring (bicyclic) bond motifs is 1. The van der Waals surface area contributed by atoms with Crippen molar-refractivity contribution >= 4 is 34.6 Å². The zero-order chi connectivity index (χ0) is 29.9. The fourth-order valence-electron chi connectivity index (χ4n) is 4.51. The zero-order valence-electron chi connectivity index (χ0n) is 23.4. The maximum atomic E-state index is 13.5. The SMILES string of the molecule is CC(C)C(NC(=O)C(N)CCCCN)C(=O)NC(Cc1c[nH]c2ccccc12)C(=O)NC(Cc1cnc[nH]1)C(=O)O. The van der Waals surface area contributed by atoms with E-state index in [4.69, 9.17) is 11.5 Å². The standard InChI is InChI=1S/C28H40N8O5/c1-16(2)24(36-25(37)20(30)8-5-6-10-29)27(39)34-22(11-17-13-32-21-9-4-3-7-19(17)21)26(38)35-23(28(40)41)12-18-14-31-15-33-18/h3-4,7,9,13-16,20,22-24,32H,5-6,8,10-12,29-30H2,1-2H3,(H,31,33)(H,34,39)(H,35,38)(H,36,37)(H,40,41). The highest BCUT2D eigenvalue weighted by molar-refractivity contribution is 5.95. The molecule has 3 amide bonds. The quantitative estimate of drug-likeness (QED) is 0.112. The van der Waals surface area contributed by atoms with Gasteiger partial charge in [0.2, 0.25) is 17.7 Å². The van der Waals surface area contributed by atoms with E-state index in [1.54, 1.807) is 20.0 Å². The Morgan fingerprint density at radius 3 is 2.34 bits per heavy atom. The van der Waals surface area contributed by atoms with Gasteiger partial charge in [-0.3, -0.25) is 14.4 Å². The first-order valence-electron chi connectivity index (χ1n) is 13.7. The van der Waals surface area contributed by atoms with E-state index in [0.29, 0.717) is 25.1 Å². The summed E-state index contributed by atoms with van der Waals surface area (Å²) in [6.07, 6.45) is 6.53. The number of H-pyrrole nitrogens is 2. The lowest BCUT2D eigenvalue weighted by atomic mass is 9.99. The van der Waals surface area contributed by atoms with Crippen LogP contribution in [0.2, 0.25) is 0 Å². The lowest BCUT2D eigenvalue weighted by Gasteiger charge is -2.27. The van der Waals surface area contributed by atoms with Gasteiger partial charge >= 0.3 is 5.97 Å². The smallest absolute Gasteiger partial charge is 0.326 e. The summed E-state index contributed by atoms with van der Waals surface area (Å²) in [5.41, 5.74) is 13.7. The number of carboxylic acid groups (broad SMARTS) is 1. The number of nitrogens with one attached hydrogen (secondary N) is 5. The molecule has 13 nitrogen and oxygen atoms in total. The molecule has 0 aliphatic rings. The molecule has 4 unspecified atom stereocenters. The van der Waals surface area contributed by atoms with Crippen molar-refractivity contribution in [2.75, 3.05) is 6.54 Å². The summed E-state index contributed by atoms with van der Waals surface area (Å²) >= 11 is 0. The van der Waals surface area contributed by atoms with Crippen LogP contribution >= 0.6 is 0 Å². The molecular formula is C28H40N8O5. The molecule has 13 heteroatoms. The van der Waals surface area contributed by atoms with Gasteiger partial charge in [-0.1, -0.05) is 38.5 Å². The number of imidazole rings is 1. The lowest BCUT2D eigenvalue weighted by molar-refractivity contribution is -0.142. The number of para-hydroxylation sites is 1. The van der Waals surface area contributed by atoms with Gasteiger partial charge in [0, 0.05) is 41.8 Å². The molecule has 0 spiro atoms. The van der Waals surface area contributed by atoms with E-state index < -0.39 is 47.9 Å². The van der Waals surface area contributed by atoms with E-state index >= 15 is 0 Å². The van der Waals surface area contributed by atoms with Gasteiger partial charge in [-0.2, -0.15) is 0 Å². The molecule has 0 aliphatic carbocycles. The van der Waals surface area contributed by atoms with Crippen LogP contribution in [0, 0.1) is 5.92 Å². The van der Waals surface area contributed by atoms with Crippen molar-refractivity contribution in [2.24, 2.45) is 17.4 Å². The molecule has 41 heavy (non-hydrogen) atoms. The largest absolute Gasteiger partial charge is 0.480 e. The molecule has 0 aliphatic heterocycles. The van der Waals surface area contributed by atoms with Crippen LogP contribution in [-0.2, 0) is 32.0 Å². The molecule has 0 fully saturated rings. The van der Waals surface area contributed by atoms with Crippen LogP contribution in [0.5, 0.6) is 0 Å². The van der Waals surface area contributed by atoms with Gasteiger partial charge in [-0.05, 0) is 36.9 Å². The molecule has 0 saturated carbocycles. The minimum atomic E-state index is -1.27. The molecule has 222 valence electrons. The number of benzene rings is 1. The lowest BCUT2D eigenvalue weighted by Crippen LogP contribution is -2.59. The number of amides is 3. The number of aliphatic carboxylic acids is 1. The molecule has 3 aromatic rings. The van der Waals surface area contributed by atoms with E-state index in [1.165, 1.54) is 12.5 Å². The van der Waals surface area contributed by atoms with E-state index in [1.807, 2.05) is 24.3 Å². The van der Waals surface area contributed by atoms with E-state index in [9.17, 15) is 24.3 Å². The number of aromatic nitrogens is 3.